The Morgan fingerprint density at radius 2 is 2.33 bits per heavy atom. The number of hydrogen-bond donors (Lipinski definition) is 2. The lowest BCUT2D eigenvalue weighted by molar-refractivity contribution is 0.254. The van der Waals surface area contributed by atoms with Gasteiger partial charge in [-0.3, -0.25) is 0 Å². The third-order valence-electron chi connectivity index (χ3n) is 0.547. The molecule has 0 spiro atoms. The van der Waals surface area contributed by atoms with Gasteiger partial charge in [-0.05, 0) is 6.42 Å². The van der Waals surface area contributed by atoms with Crippen LogP contribution < -0.4 is 0 Å². The highest BCUT2D eigenvalue weighted by Gasteiger charge is 1.88. The monoisotopic (exact) mass is 106 g/mol. The zero-order valence-electron chi connectivity index (χ0n) is 3.89. The summed E-state index contributed by atoms with van der Waals surface area (Å²) in [5, 5.41) is 8.42. The van der Waals surface area contributed by atoms with Gasteiger partial charge in [-0.25, -0.2) is 0 Å². The summed E-state index contributed by atoms with van der Waals surface area (Å²) in [6, 6.07) is 0. The van der Waals surface area contributed by atoms with Gasteiger partial charge >= 0.3 is 0 Å². The lowest BCUT2D eigenvalue weighted by Crippen LogP contribution is -1.91. The Kier molecular flexibility index (Phi) is 3.68. The molecule has 0 saturated heterocycles. The predicted molar refractivity (Wildman–Crippen MR) is 29.9 cm³/mol. The summed E-state index contributed by atoms with van der Waals surface area (Å²) in [6.45, 7) is 2.01. The molecule has 1 nitrogen and oxygen atoms in total. The SMILES string of the molecule is CCC[C@H](O)S. The van der Waals surface area contributed by atoms with Gasteiger partial charge in [-0.15, -0.1) is 12.6 Å². The summed E-state index contributed by atoms with van der Waals surface area (Å²) in [6.07, 6.45) is 1.80. The van der Waals surface area contributed by atoms with Crippen LogP contribution in [0, 0.1) is 0 Å². The quantitative estimate of drug-likeness (QED) is 0.398. The maximum Gasteiger partial charge on any atom is 0.0964 e. The van der Waals surface area contributed by atoms with Gasteiger partial charge in [-0.2, -0.15) is 0 Å². The average Bonchev–Trinajstić information content (AvgIpc) is 1.35. The van der Waals surface area contributed by atoms with Gasteiger partial charge in [0.1, 0.15) is 0 Å². The molecule has 0 heterocycles. The first-order chi connectivity index (χ1) is 2.77. The van der Waals surface area contributed by atoms with E-state index in [9.17, 15) is 0 Å². The lowest BCUT2D eigenvalue weighted by Gasteiger charge is -1.94. The molecule has 0 saturated carbocycles. The molecule has 1 atom stereocenters. The Balaban J connectivity index is 2.63. The average molecular weight is 106 g/mol. The Hall–Kier alpha value is 0.310. The first-order valence-electron chi connectivity index (χ1n) is 2.13. The van der Waals surface area contributed by atoms with Gasteiger partial charge in [-0.1, -0.05) is 13.3 Å². The molecule has 1 N–H and O–H groups in total. The molecule has 0 aromatic heterocycles. The largest absolute Gasteiger partial charge is 0.383 e. The standard InChI is InChI=1S/C4H10OS/c1-2-3-4(5)6/h4-6H,2-3H2,1H3/t4-/m1/s1. The maximum absolute atomic E-state index is 8.42. The minimum absolute atomic E-state index is 0.407. The molecule has 0 aliphatic heterocycles. The molecule has 2 heteroatoms. The van der Waals surface area contributed by atoms with E-state index in [4.69, 9.17) is 5.11 Å². The van der Waals surface area contributed by atoms with Crippen LogP contribution in [0.15, 0.2) is 0 Å². The van der Waals surface area contributed by atoms with E-state index in [1.807, 2.05) is 6.92 Å². The summed E-state index contributed by atoms with van der Waals surface area (Å²) in [5.74, 6) is 0. The Morgan fingerprint density at radius 3 is 2.33 bits per heavy atom. The van der Waals surface area contributed by atoms with Crippen LogP contribution in [0.2, 0.25) is 0 Å². The van der Waals surface area contributed by atoms with Crippen LogP contribution in [0.5, 0.6) is 0 Å². The summed E-state index contributed by atoms with van der Waals surface area (Å²) >= 11 is 3.73. The molecule has 0 radical (unpaired) electrons. The van der Waals surface area contributed by atoms with E-state index in [-0.39, 0.29) is 0 Å². The van der Waals surface area contributed by atoms with Crippen LogP contribution in [0.4, 0.5) is 0 Å². The van der Waals surface area contributed by atoms with Crippen LogP contribution in [0.3, 0.4) is 0 Å². The fourth-order valence-electron chi connectivity index (χ4n) is 0.258. The molecule has 0 fully saturated rings. The fourth-order valence-corrected chi connectivity index (χ4v) is 0.516. The Labute approximate surface area is 43.8 Å². The van der Waals surface area contributed by atoms with E-state index in [1.165, 1.54) is 0 Å². The molecular weight excluding hydrogens is 96.1 g/mol. The van der Waals surface area contributed by atoms with Crippen molar-refractivity contribution in [1.82, 2.24) is 0 Å². The second kappa shape index (κ2) is 3.50. The molecule has 0 aromatic carbocycles. The van der Waals surface area contributed by atoms with E-state index in [2.05, 4.69) is 12.6 Å². The minimum atomic E-state index is -0.407. The van der Waals surface area contributed by atoms with E-state index in [0.717, 1.165) is 12.8 Å². The molecule has 0 unspecified atom stereocenters. The van der Waals surface area contributed by atoms with Crippen LogP contribution in [0.1, 0.15) is 19.8 Å². The van der Waals surface area contributed by atoms with Gasteiger partial charge in [0.2, 0.25) is 0 Å². The summed E-state index contributed by atoms with van der Waals surface area (Å²) in [5.41, 5.74) is -0.407. The number of rotatable bonds is 2. The molecule has 0 aromatic rings. The first kappa shape index (κ1) is 6.31. The van der Waals surface area contributed by atoms with Crippen molar-refractivity contribution in [3.63, 3.8) is 0 Å². The Bertz CT molecular complexity index is 28.7. The molecule has 0 aliphatic rings. The predicted octanol–water partition coefficient (Wildman–Crippen LogP) is 1.03. The molecule has 0 aliphatic carbocycles. The molecule has 38 valence electrons. The Morgan fingerprint density at radius 1 is 1.83 bits per heavy atom. The number of thiol groups is 1. The highest BCUT2D eigenvalue weighted by Crippen LogP contribution is 1.97. The molecule has 0 bridgehead atoms. The lowest BCUT2D eigenvalue weighted by atomic mass is 10.4. The smallest absolute Gasteiger partial charge is 0.0964 e. The van der Waals surface area contributed by atoms with Crippen LogP contribution >= 0.6 is 12.6 Å². The number of aliphatic hydroxyl groups is 1. The highest BCUT2D eigenvalue weighted by atomic mass is 32.1. The minimum Gasteiger partial charge on any atom is -0.383 e. The van der Waals surface area contributed by atoms with Crippen molar-refractivity contribution in [1.29, 1.82) is 0 Å². The number of hydrogen-bond acceptors (Lipinski definition) is 2. The molecule has 0 rings (SSSR count). The maximum atomic E-state index is 8.42. The van der Waals surface area contributed by atoms with Crippen molar-refractivity contribution in [3.05, 3.63) is 0 Å². The van der Waals surface area contributed by atoms with E-state index in [1.54, 1.807) is 0 Å². The zero-order chi connectivity index (χ0) is 4.99. The van der Waals surface area contributed by atoms with Gasteiger partial charge in [0.25, 0.3) is 0 Å². The van der Waals surface area contributed by atoms with Gasteiger partial charge in [0, 0.05) is 0 Å². The van der Waals surface area contributed by atoms with Crippen molar-refractivity contribution in [2.75, 3.05) is 0 Å². The number of aliphatic hydroxyl groups excluding tert-OH is 1. The normalized spacial score (nSPS) is 14.5. The van der Waals surface area contributed by atoms with Crippen LogP contribution in [0.25, 0.3) is 0 Å². The van der Waals surface area contributed by atoms with Crippen molar-refractivity contribution in [3.8, 4) is 0 Å². The van der Waals surface area contributed by atoms with Crippen LogP contribution in [-0.2, 0) is 0 Å². The highest BCUT2D eigenvalue weighted by molar-refractivity contribution is 7.80. The van der Waals surface area contributed by atoms with E-state index >= 15 is 0 Å². The molecule has 0 amide bonds. The molecule has 6 heavy (non-hydrogen) atoms. The molecular formula is C4H10OS. The second-order valence-corrected chi connectivity index (χ2v) is 1.87. The van der Waals surface area contributed by atoms with Gasteiger partial charge in [0.05, 0.1) is 5.44 Å². The van der Waals surface area contributed by atoms with Crippen molar-refractivity contribution in [2.45, 2.75) is 25.2 Å². The van der Waals surface area contributed by atoms with Gasteiger partial charge in [0.15, 0.2) is 0 Å². The van der Waals surface area contributed by atoms with E-state index in [0.29, 0.717) is 0 Å². The van der Waals surface area contributed by atoms with Crippen molar-refractivity contribution >= 4 is 12.6 Å². The fraction of sp³-hybridized carbons (Fsp3) is 1.00. The summed E-state index contributed by atoms with van der Waals surface area (Å²) < 4.78 is 0. The summed E-state index contributed by atoms with van der Waals surface area (Å²) in [7, 11) is 0. The summed E-state index contributed by atoms with van der Waals surface area (Å²) in [4.78, 5) is 0. The zero-order valence-corrected chi connectivity index (χ0v) is 4.78. The third kappa shape index (κ3) is 4.31. The van der Waals surface area contributed by atoms with Crippen molar-refractivity contribution < 1.29 is 5.11 Å². The van der Waals surface area contributed by atoms with Crippen molar-refractivity contribution in [2.24, 2.45) is 0 Å². The van der Waals surface area contributed by atoms with Crippen LogP contribution in [-0.4, -0.2) is 10.5 Å². The van der Waals surface area contributed by atoms with E-state index < -0.39 is 5.44 Å². The second-order valence-electron chi connectivity index (χ2n) is 1.27. The van der Waals surface area contributed by atoms with Gasteiger partial charge < -0.3 is 5.11 Å². The topological polar surface area (TPSA) is 20.2 Å². The first-order valence-corrected chi connectivity index (χ1v) is 2.65. The third-order valence-corrected chi connectivity index (χ3v) is 0.805.